The van der Waals surface area contributed by atoms with Crippen molar-refractivity contribution >= 4 is 8.24 Å². The predicted octanol–water partition coefficient (Wildman–Crippen LogP) is 2.50. The smallest absolute Gasteiger partial charge is 0.173 e. The third kappa shape index (κ3) is 1.87. The Morgan fingerprint density at radius 1 is 1.08 bits per heavy atom. The van der Waals surface area contributed by atoms with Gasteiger partial charge in [0.1, 0.15) is 0 Å². The van der Waals surface area contributed by atoms with Crippen molar-refractivity contribution < 1.29 is 0 Å². The van der Waals surface area contributed by atoms with Crippen LogP contribution in [-0.2, 0) is 0 Å². The molecule has 12 heavy (non-hydrogen) atoms. The van der Waals surface area contributed by atoms with Crippen molar-refractivity contribution in [2.75, 3.05) is 13.1 Å². The number of rotatable bonds is 3. The molecule has 0 saturated carbocycles. The molecule has 0 unspecified atom stereocenters. The molecule has 0 aromatic carbocycles. The van der Waals surface area contributed by atoms with Gasteiger partial charge >= 0.3 is 0 Å². The average molecular weight is 181 g/mol. The van der Waals surface area contributed by atoms with Gasteiger partial charge in [0.25, 0.3) is 0 Å². The highest BCUT2D eigenvalue weighted by molar-refractivity contribution is 6.85. The Balaban J connectivity index is 2.63. The van der Waals surface area contributed by atoms with E-state index in [2.05, 4.69) is 35.7 Å². The van der Waals surface area contributed by atoms with Crippen LogP contribution in [0, 0.1) is 0 Å². The van der Waals surface area contributed by atoms with Crippen molar-refractivity contribution in [3.8, 4) is 0 Å². The highest BCUT2D eigenvalue weighted by Crippen LogP contribution is 2.18. The fourth-order valence-electron chi connectivity index (χ4n) is 1.72. The number of hydrogen-bond donors (Lipinski definition) is 0. The Morgan fingerprint density at radius 2 is 1.58 bits per heavy atom. The molecule has 0 N–H and O–H groups in total. The fraction of sp³-hybridized carbons (Fsp3) is 0.600. The zero-order chi connectivity index (χ0) is 9.03. The second-order valence-electron chi connectivity index (χ2n) is 3.68. The van der Waals surface area contributed by atoms with Gasteiger partial charge in [0, 0.05) is 0 Å². The first-order chi connectivity index (χ1) is 5.73. The summed E-state index contributed by atoms with van der Waals surface area (Å²) in [6, 6.07) is 0. The molecule has 68 valence electrons. The Kier molecular flexibility index (Phi) is 3.29. The lowest BCUT2D eigenvalue weighted by Gasteiger charge is -2.37. The van der Waals surface area contributed by atoms with Gasteiger partial charge in [-0.1, -0.05) is 17.8 Å². The summed E-state index contributed by atoms with van der Waals surface area (Å²) in [5.74, 6) is 0. The zero-order valence-corrected chi connectivity index (χ0v) is 9.05. The van der Waals surface area contributed by atoms with Gasteiger partial charge in [-0.15, -0.1) is 13.2 Å². The molecule has 1 heterocycles. The molecule has 0 aromatic heterocycles. The molecule has 0 amide bonds. The summed E-state index contributed by atoms with van der Waals surface area (Å²) < 4.78 is 2.59. The van der Waals surface area contributed by atoms with Crippen molar-refractivity contribution in [3.63, 3.8) is 0 Å². The van der Waals surface area contributed by atoms with Gasteiger partial charge in [0.15, 0.2) is 8.24 Å². The first-order valence-corrected chi connectivity index (χ1v) is 7.35. The van der Waals surface area contributed by atoms with E-state index in [1.54, 1.807) is 0 Å². The van der Waals surface area contributed by atoms with Crippen LogP contribution in [0.4, 0.5) is 0 Å². The number of piperidine rings is 1. The summed E-state index contributed by atoms with van der Waals surface area (Å²) in [6.07, 6.45) is 4.10. The third-order valence-corrected chi connectivity index (χ3v) is 6.33. The maximum absolute atomic E-state index is 3.93. The summed E-state index contributed by atoms with van der Waals surface area (Å²) in [4.78, 5) is 0. The first kappa shape index (κ1) is 9.74. The van der Waals surface area contributed by atoms with Crippen molar-refractivity contribution in [2.24, 2.45) is 0 Å². The van der Waals surface area contributed by atoms with Gasteiger partial charge in [-0.05, 0) is 32.5 Å². The average Bonchev–Trinajstić information content (AvgIpc) is 2.18. The van der Waals surface area contributed by atoms with Gasteiger partial charge < -0.3 is 4.57 Å². The van der Waals surface area contributed by atoms with E-state index in [9.17, 15) is 0 Å². The van der Waals surface area contributed by atoms with Gasteiger partial charge in [-0.2, -0.15) is 0 Å². The van der Waals surface area contributed by atoms with E-state index in [1.807, 2.05) is 0 Å². The van der Waals surface area contributed by atoms with Crippen molar-refractivity contribution in [1.82, 2.24) is 4.57 Å². The molecule has 0 aliphatic carbocycles. The molecule has 0 radical (unpaired) electrons. The van der Waals surface area contributed by atoms with E-state index in [1.165, 1.54) is 32.4 Å². The minimum absolute atomic E-state index is 1.25. The molecule has 0 aromatic rings. The Labute approximate surface area is 76.9 Å². The molecule has 2 heteroatoms. The quantitative estimate of drug-likeness (QED) is 0.605. The zero-order valence-electron chi connectivity index (χ0n) is 8.05. The van der Waals surface area contributed by atoms with Crippen molar-refractivity contribution in [2.45, 2.75) is 25.8 Å². The first-order valence-electron chi connectivity index (χ1n) is 4.75. The Bertz CT molecular complexity index is 163. The Morgan fingerprint density at radius 3 is 2.00 bits per heavy atom. The van der Waals surface area contributed by atoms with E-state index >= 15 is 0 Å². The summed E-state index contributed by atoms with van der Waals surface area (Å²) in [5.41, 5.74) is 4.26. The lowest BCUT2D eigenvalue weighted by atomic mass is 10.2. The topological polar surface area (TPSA) is 3.24 Å². The maximum Gasteiger partial charge on any atom is 0.173 e. The molecule has 0 spiro atoms. The van der Waals surface area contributed by atoms with Crippen molar-refractivity contribution in [1.29, 1.82) is 0 Å². The van der Waals surface area contributed by atoms with E-state index in [0.717, 1.165) is 0 Å². The molecule has 1 aliphatic rings. The lowest BCUT2D eigenvalue weighted by Crippen LogP contribution is -2.50. The second-order valence-corrected chi connectivity index (χ2v) is 7.58. The SMILES string of the molecule is C=C[Si](C)(C=C)N1CCCCC1. The molecular weight excluding hydrogens is 162 g/mol. The normalized spacial score (nSPS) is 20.4. The van der Waals surface area contributed by atoms with Crippen molar-refractivity contribution in [3.05, 3.63) is 24.6 Å². The van der Waals surface area contributed by atoms with Gasteiger partial charge in [-0.3, -0.25) is 0 Å². The molecule has 0 bridgehead atoms. The van der Waals surface area contributed by atoms with Gasteiger partial charge in [0.05, 0.1) is 0 Å². The van der Waals surface area contributed by atoms with Crippen LogP contribution in [0.2, 0.25) is 6.55 Å². The third-order valence-electron chi connectivity index (χ3n) is 2.86. The molecule has 1 aliphatic heterocycles. The monoisotopic (exact) mass is 181 g/mol. The molecule has 1 fully saturated rings. The molecular formula is C10H19NSi. The molecule has 1 rings (SSSR count). The van der Waals surface area contributed by atoms with E-state index < -0.39 is 8.24 Å². The summed E-state index contributed by atoms with van der Waals surface area (Å²) in [6.45, 7) is 12.7. The fourth-order valence-corrected chi connectivity index (χ4v) is 3.68. The summed E-state index contributed by atoms with van der Waals surface area (Å²) in [7, 11) is -1.44. The van der Waals surface area contributed by atoms with E-state index in [4.69, 9.17) is 0 Å². The Hall–Kier alpha value is -0.343. The minimum Gasteiger partial charge on any atom is -0.317 e. The van der Waals surface area contributed by atoms with Crippen LogP contribution in [0.25, 0.3) is 0 Å². The molecule has 1 saturated heterocycles. The van der Waals surface area contributed by atoms with E-state index in [-0.39, 0.29) is 0 Å². The largest absolute Gasteiger partial charge is 0.317 e. The molecule has 0 atom stereocenters. The van der Waals surface area contributed by atoms with Gasteiger partial charge in [0.2, 0.25) is 0 Å². The molecule has 1 nitrogen and oxygen atoms in total. The highest BCUT2D eigenvalue weighted by Gasteiger charge is 2.28. The number of hydrogen-bond acceptors (Lipinski definition) is 1. The maximum atomic E-state index is 3.93. The standard InChI is InChI=1S/C10H19NSi/c1-4-12(3,5-2)11-9-7-6-8-10-11/h4-5H,1-2,6-10H2,3H3. The van der Waals surface area contributed by atoms with Crippen LogP contribution >= 0.6 is 0 Å². The second kappa shape index (κ2) is 4.05. The summed E-state index contributed by atoms with van der Waals surface area (Å²) in [5, 5.41) is 0. The van der Waals surface area contributed by atoms with Gasteiger partial charge in [-0.25, -0.2) is 0 Å². The van der Waals surface area contributed by atoms with Crippen LogP contribution in [0.1, 0.15) is 19.3 Å². The van der Waals surface area contributed by atoms with Crippen LogP contribution in [-0.4, -0.2) is 25.9 Å². The van der Waals surface area contributed by atoms with Crippen LogP contribution in [0.3, 0.4) is 0 Å². The number of nitrogens with zero attached hydrogens (tertiary/aromatic N) is 1. The predicted molar refractivity (Wildman–Crippen MR) is 57.4 cm³/mol. The minimum atomic E-state index is -1.44. The highest BCUT2D eigenvalue weighted by atomic mass is 28.3. The van der Waals surface area contributed by atoms with Crippen LogP contribution in [0.5, 0.6) is 0 Å². The van der Waals surface area contributed by atoms with Crippen LogP contribution in [0.15, 0.2) is 24.6 Å². The van der Waals surface area contributed by atoms with E-state index in [0.29, 0.717) is 0 Å². The van der Waals surface area contributed by atoms with Crippen LogP contribution < -0.4 is 0 Å². The summed E-state index contributed by atoms with van der Waals surface area (Å²) >= 11 is 0. The lowest BCUT2D eigenvalue weighted by molar-refractivity contribution is 0.350.